The van der Waals surface area contributed by atoms with Gasteiger partial charge in [0.2, 0.25) is 0 Å². The van der Waals surface area contributed by atoms with Gasteiger partial charge in [0.15, 0.2) is 0 Å². The fourth-order valence-corrected chi connectivity index (χ4v) is 2.94. The number of nitrogens with zero attached hydrogens (tertiary/aromatic N) is 1. The van der Waals surface area contributed by atoms with Crippen molar-refractivity contribution in [3.63, 3.8) is 0 Å². The van der Waals surface area contributed by atoms with Crippen LogP contribution in [0.4, 0.5) is 5.69 Å². The first kappa shape index (κ1) is 12.4. The molecule has 0 aliphatic carbocycles. The maximum Gasteiger partial charge on any atom is 0.0401 e. The van der Waals surface area contributed by atoms with Gasteiger partial charge in [0.1, 0.15) is 0 Å². The summed E-state index contributed by atoms with van der Waals surface area (Å²) in [5.74, 6) is 0.725. The Kier molecular flexibility index (Phi) is 4.06. The highest BCUT2D eigenvalue weighted by Gasteiger charge is 2.28. The zero-order valence-corrected chi connectivity index (χ0v) is 11.0. The molecule has 1 saturated heterocycles. The van der Waals surface area contributed by atoms with E-state index in [0.29, 0.717) is 6.04 Å². The molecule has 1 aromatic carbocycles. The molecule has 2 nitrogen and oxygen atoms in total. The molecule has 0 spiro atoms. The van der Waals surface area contributed by atoms with Crippen LogP contribution in [0.15, 0.2) is 24.3 Å². The number of hydrogen-bond acceptors (Lipinski definition) is 2. The van der Waals surface area contributed by atoms with E-state index in [1.807, 2.05) is 0 Å². The molecule has 2 heteroatoms. The summed E-state index contributed by atoms with van der Waals surface area (Å²) in [5.41, 5.74) is 8.52. The van der Waals surface area contributed by atoms with Gasteiger partial charge < -0.3 is 10.6 Å². The van der Waals surface area contributed by atoms with E-state index < -0.39 is 0 Å². The van der Waals surface area contributed by atoms with Crippen LogP contribution in [0.1, 0.15) is 32.3 Å². The van der Waals surface area contributed by atoms with E-state index in [2.05, 4.69) is 43.0 Å². The van der Waals surface area contributed by atoms with Crippen molar-refractivity contribution in [3.8, 4) is 0 Å². The maximum absolute atomic E-state index is 5.70. The molecular formula is C15H24N2. The molecule has 1 heterocycles. The Balaban J connectivity index is 2.26. The fraction of sp³-hybridized carbons (Fsp3) is 0.600. The van der Waals surface area contributed by atoms with Gasteiger partial charge in [-0.05, 0) is 43.4 Å². The van der Waals surface area contributed by atoms with Crippen molar-refractivity contribution in [2.24, 2.45) is 11.7 Å². The Bertz CT molecular complexity index is 360. The lowest BCUT2D eigenvalue weighted by atomic mass is 10.0. The quantitative estimate of drug-likeness (QED) is 0.865. The molecule has 17 heavy (non-hydrogen) atoms. The van der Waals surface area contributed by atoms with E-state index in [1.54, 1.807) is 0 Å². The fourth-order valence-electron chi connectivity index (χ4n) is 2.94. The molecule has 0 amide bonds. The molecule has 1 unspecified atom stereocenters. The SMILES string of the molecule is CC(C)C1CCCN1c1ccccc1CCN. The number of para-hydroxylation sites is 1. The van der Waals surface area contributed by atoms with Crippen LogP contribution < -0.4 is 10.6 Å². The minimum Gasteiger partial charge on any atom is -0.368 e. The van der Waals surface area contributed by atoms with Gasteiger partial charge in [0, 0.05) is 18.3 Å². The lowest BCUT2D eigenvalue weighted by Gasteiger charge is -2.31. The molecule has 1 aromatic rings. The molecule has 2 N–H and O–H groups in total. The van der Waals surface area contributed by atoms with Crippen LogP contribution in [0.25, 0.3) is 0 Å². The Hall–Kier alpha value is -1.02. The third kappa shape index (κ3) is 2.63. The average Bonchev–Trinajstić information content (AvgIpc) is 2.79. The van der Waals surface area contributed by atoms with Crippen LogP contribution in [0.2, 0.25) is 0 Å². The van der Waals surface area contributed by atoms with Crippen molar-refractivity contribution in [1.82, 2.24) is 0 Å². The second kappa shape index (κ2) is 5.54. The van der Waals surface area contributed by atoms with Crippen molar-refractivity contribution >= 4 is 5.69 Å². The topological polar surface area (TPSA) is 29.3 Å². The average molecular weight is 232 g/mol. The van der Waals surface area contributed by atoms with Gasteiger partial charge in [0.05, 0.1) is 0 Å². The van der Waals surface area contributed by atoms with Crippen LogP contribution in [0.5, 0.6) is 0 Å². The predicted octanol–water partition coefficient (Wildman–Crippen LogP) is 2.81. The van der Waals surface area contributed by atoms with Crippen LogP contribution in [0.3, 0.4) is 0 Å². The number of rotatable bonds is 4. The Morgan fingerprint density at radius 1 is 1.35 bits per heavy atom. The van der Waals surface area contributed by atoms with Crippen LogP contribution in [0, 0.1) is 5.92 Å². The molecule has 1 atom stereocenters. The monoisotopic (exact) mass is 232 g/mol. The summed E-state index contributed by atoms with van der Waals surface area (Å²) in [6.07, 6.45) is 3.63. The Morgan fingerprint density at radius 3 is 2.82 bits per heavy atom. The second-order valence-corrected chi connectivity index (χ2v) is 5.31. The third-order valence-corrected chi connectivity index (χ3v) is 3.78. The molecule has 94 valence electrons. The maximum atomic E-state index is 5.70. The van der Waals surface area contributed by atoms with Crippen molar-refractivity contribution in [3.05, 3.63) is 29.8 Å². The highest BCUT2D eigenvalue weighted by molar-refractivity contribution is 5.55. The minimum atomic E-state index is 0.703. The smallest absolute Gasteiger partial charge is 0.0401 e. The van der Waals surface area contributed by atoms with Gasteiger partial charge in [-0.25, -0.2) is 0 Å². The van der Waals surface area contributed by atoms with Gasteiger partial charge in [-0.2, -0.15) is 0 Å². The lowest BCUT2D eigenvalue weighted by Crippen LogP contribution is -2.34. The molecule has 1 aliphatic heterocycles. The summed E-state index contributed by atoms with van der Waals surface area (Å²) in [6.45, 7) is 6.59. The molecule has 1 fully saturated rings. The summed E-state index contributed by atoms with van der Waals surface area (Å²) >= 11 is 0. The summed E-state index contributed by atoms with van der Waals surface area (Å²) < 4.78 is 0. The number of anilines is 1. The van der Waals surface area contributed by atoms with Gasteiger partial charge >= 0.3 is 0 Å². The molecule has 2 rings (SSSR count). The Morgan fingerprint density at radius 2 is 2.12 bits per heavy atom. The molecule has 0 radical (unpaired) electrons. The van der Waals surface area contributed by atoms with Crippen molar-refractivity contribution in [2.75, 3.05) is 18.0 Å². The number of hydrogen-bond donors (Lipinski definition) is 1. The zero-order chi connectivity index (χ0) is 12.3. The van der Waals surface area contributed by atoms with Gasteiger partial charge in [0.25, 0.3) is 0 Å². The van der Waals surface area contributed by atoms with E-state index in [1.165, 1.54) is 30.6 Å². The first-order valence-corrected chi connectivity index (χ1v) is 6.78. The zero-order valence-electron chi connectivity index (χ0n) is 11.0. The van der Waals surface area contributed by atoms with E-state index >= 15 is 0 Å². The first-order chi connectivity index (χ1) is 8.24. The highest BCUT2D eigenvalue weighted by atomic mass is 15.2. The summed E-state index contributed by atoms with van der Waals surface area (Å²) in [6, 6.07) is 9.44. The number of benzene rings is 1. The molecule has 0 aromatic heterocycles. The van der Waals surface area contributed by atoms with Crippen LogP contribution in [-0.2, 0) is 6.42 Å². The van der Waals surface area contributed by atoms with Gasteiger partial charge in [-0.3, -0.25) is 0 Å². The van der Waals surface area contributed by atoms with Crippen molar-refractivity contribution in [2.45, 2.75) is 39.2 Å². The van der Waals surface area contributed by atoms with E-state index in [9.17, 15) is 0 Å². The molecule has 0 saturated carbocycles. The number of nitrogens with two attached hydrogens (primary N) is 1. The van der Waals surface area contributed by atoms with Crippen LogP contribution in [-0.4, -0.2) is 19.1 Å². The summed E-state index contributed by atoms with van der Waals surface area (Å²) in [7, 11) is 0. The largest absolute Gasteiger partial charge is 0.368 e. The summed E-state index contributed by atoms with van der Waals surface area (Å²) in [4.78, 5) is 2.59. The van der Waals surface area contributed by atoms with E-state index in [0.717, 1.165) is 18.9 Å². The van der Waals surface area contributed by atoms with Gasteiger partial charge in [-0.15, -0.1) is 0 Å². The van der Waals surface area contributed by atoms with E-state index in [4.69, 9.17) is 5.73 Å². The predicted molar refractivity (Wildman–Crippen MR) is 74.4 cm³/mol. The van der Waals surface area contributed by atoms with E-state index in [-0.39, 0.29) is 0 Å². The Labute approximate surface area is 105 Å². The summed E-state index contributed by atoms with van der Waals surface area (Å²) in [5, 5.41) is 0. The first-order valence-electron chi connectivity index (χ1n) is 6.78. The molecule has 1 aliphatic rings. The van der Waals surface area contributed by atoms with Crippen molar-refractivity contribution in [1.29, 1.82) is 0 Å². The van der Waals surface area contributed by atoms with Crippen LogP contribution >= 0.6 is 0 Å². The normalized spacial score (nSPS) is 20.2. The standard InChI is InChI=1S/C15H24N2/c1-12(2)14-8-5-11-17(14)15-7-4-3-6-13(15)9-10-16/h3-4,6-7,12,14H,5,8-11,16H2,1-2H3. The molecule has 0 bridgehead atoms. The highest BCUT2D eigenvalue weighted by Crippen LogP contribution is 2.32. The third-order valence-electron chi connectivity index (χ3n) is 3.78. The van der Waals surface area contributed by atoms with Crippen molar-refractivity contribution < 1.29 is 0 Å². The second-order valence-electron chi connectivity index (χ2n) is 5.31. The minimum absolute atomic E-state index is 0.703. The molecular weight excluding hydrogens is 208 g/mol. The van der Waals surface area contributed by atoms with Gasteiger partial charge in [-0.1, -0.05) is 32.0 Å². The lowest BCUT2D eigenvalue weighted by molar-refractivity contribution is 0.491.